The van der Waals surface area contributed by atoms with Crippen LogP contribution in [0.4, 0.5) is 8.78 Å². The van der Waals surface area contributed by atoms with Gasteiger partial charge in [-0.05, 0) is 31.6 Å². The highest BCUT2D eigenvalue weighted by atomic mass is 32.1. The first-order valence-corrected chi connectivity index (χ1v) is 7.23. The van der Waals surface area contributed by atoms with E-state index in [1.165, 1.54) is 0 Å². The Kier molecular flexibility index (Phi) is 6.75. The van der Waals surface area contributed by atoms with Gasteiger partial charge in [0.25, 0.3) is 6.43 Å². The van der Waals surface area contributed by atoms with Crippen LogP contribution in [-0.2, 0) is 9.53 Å². The molecule has 0 unspecified atom stereocenters. The zero-order valence-electron chi connectivity index (χ0n) is 11.7. The van der Waals surface area contributed by atoms with E-state index in [-0.39, 0.29) is 18.9 Å². The predicted molar refractivity (Wildman–Crippen MR) is 76.7 cm³/mol. The van der Waals surface area contributed by atoms with Crippen LogP contribution in [0.5, 0.6) is 0 Å². The molecule has 0 aliphatic heterocycles. The molecule has 3 N–H and O–H groups in total. The van der Waals surface area contributed by atoms with Gasteiger partial charge in [-0.3, -0.25) is 4.79 Å². The van der Waals surface area contributed by atoms with Gasteiger partial charge in [-0.15, -0.1) is 0 Å². The van der Waals surface area contributed by atoms with Crippen molar-refractivity contribution >= 4 is 23.1 Å². The summed E-state index contributed by atoms with van der Waals surface area (Å²) in [6.45, 7) is 1.48. The molecular formula is C13H22F2N2O2S. The molecule has 1 aliphatic rings. The van der Waals surface area contributed by atoms with Crippen LogP contribution in [0.2, 0.25) is 0 Å². The van der Waals surface area contributed by atoms with Crippen molar-refractivity contribution in [3.05, 3.63) is 0 Å². The van der Waals surface area contributed by atoms with Gasteiger partial charge in [0.05, 0.1) is 17.1 Å². The molecule has 7 heteroatoms. The minimum atomic E-state index is -2.51. The molecule has 0 aromatic rings. The Bertz CT molecular complexity index is 345. The fourth-order valence-electron chi connectivity index (χ4n) is 2.35. The number of alkyl halides is 2. The molecule has 1 fully saturated rings. The largest absolute Gasteiger partial charge is 0.391 e. The Hall–Kier alpha value is -0.820. The number of carbonyl (C=O) groups is 1. The van der Waals surface area contributed by atoms with Crippen molar-refractivity contribution in [3.63, 3.8) is 0 Å². The third-order valence-corrected chi connectivity index (χ3v) is 4.09. The molecule has 116 valence electrons. The van der Waals surface area contributed by atoms with E-state index in [1.54, 1.807) is 0 Å². The van der Waals surface area contributed by atoms with E-state index in [1.807, 2.05) is 0 Å². The zero-order chi connectivity index (χ0) is 15.2. The Morgan fingerprint density at radius 2 is 2.10 bits per heavy atom. The Morgan fingerprint density at radius 1 is 1.50 bits per heavy atom. The number of hydrogen-bond donors (Lipinski definition) is 2. The van der Waals surface area contributed by atoms with Crippen LogP contribution in [0.25, 0.3) is 0 Å². The van der Waals surface area contributed by atoms with Crippen molar-refractivity contribution < 1.29 is 18.3 Å². The molecule has 1 rings (SSSR count). The monoisotopic (exact) mass is 308 g/mol. The lowest BCUT2D eigenvalue weighted by Crippen LogP contribution is -2.58. The number of nitrogens with two attached hydrogens (primary N) is 1. The number of carbonyl (C=O) groups excluding carboxylic acids is 1. The summed E-state index contributed by atoms with van der Waals surface area (Å²) in [5, 5.41) is 2.87. The van der Waals surface area contributed by atoms with E-state index in [0.717, 1.165) is 25.7 Å². The summed E-state index contributed by atoms with van der Waals surface area (Å²) < 4.78 is 28.4. The van der Waals surface area contributed by atoms with Crippen LogP contribution in [0.1, 0.15) is 39.0 Å². The van der Waals surface area contributed by atoms with Crippen LogP contribution >= 0.6 is 12.2 Å². The van der Waals surface area contributed by atoms with Crippen LogP contribution in [-0.4, -0.2) is 36.1 Å². The molecule has 0 radical (unpaired) electrons. The van der Waals surface area contributed by atoms with E-state index in [2.05, 4.69) is 12.2 Å². The Balaban J connectivity index is 2.42. The molecule has 0 spiro atoms. The average molecular weight is 308 g/mol. The van der Waals surface area contributed by atoms with Crippen molar-refractivity contribution in [1.29, 1.82) is 0 Å². The van der Waals surface area contributed by atoms with Crippen molar-refractivity contribution in [1.82, 2.24) is 5.32 Å². The Morgan fingerprint density at radius 3 is 2.60 bits per heavy atom. The third kappa shape index (κ3) is 5.28. The molecule has 0 aromatic heterocycles. The Labute approximate surface area is 123 Å². The maximum atomic E-state index is 11.9. The van der Waals surface area contributed by atoms with E-state index in [0.29, 0.717) is 10.9 Å². The van der Waals surface area contributed by atoms with E-state index >= 15 is 0 Å². The highest BCUT2D eigenvalue weighted by Crippen LogP contribution is 2.32. The highest BCUT2D eigenvalue weighted by Gasteiger charge is 2.38. The standard InChI is InChI=1S/C13H22F2N2O2S/c1-9-2-5-13(6-3-9,12(16)20)17-11(18)4-7-19-8-10(14)15/h9-10H,2-8H2,1H3,(H2,16,20)(H,17,18). The summed E-state index contributed by atoms with van der Waals surface area (Å²) in [5.41, 5.74) is 5.15. The summed E-state index contributed by atoms with van der Waals surface area (Å²) in [6, 6.07) is 0. The van der Waals surface area contributed by atoms with Gasteiger partial charge in [-0.25, -0.2) is 8.78 Å². The van der Waals surface area contributed by atoms with Gasteiger partial charge in [0, 0.05) is 6.42 Å². The number of ether oxygens (including phenoxy) is 1. The van der Waals surface area contributed by atoms with Gasteiger partial charge >= 0.3 is 0 Å². The van der Waals surface area contributed by atoms with E-state index in [9.17, 15) is 13.6 Å². The first kappa shape index (κ1) is 17.2. The molecular weight excluding hydrogens is 286 g/mol. The lowest BCUT2D eigenvalue weighted by Gasteiger charge is -2.39. The van der Waals surface area contributed by atoms with Gasteiger partial charge in [0.15, 0.2) is 0 Å². The molecule has 0 heterocycles. The topological polar surface area (TPSA) is 64.3 Å². The molecule has 0 atom stereocenters. The zero-order valence-corrected chi connectivity index (χ0v) is 12.5. The number of hydrogen-bond acceptors (Lipinski definition) is 3. The van der Waals surface area contributed by atoms with Crippen LogP contribution < -0.4 is 11.1 Å². The number of halogens is 2. The second-order valence-corrected chi connectivity index (χ2v) is 5.83. The SMILES string of the molecule is CC1CCC(NC(=O)CCOCC(F)F)(C(N)=S)CC1. The van der Waals surface area contributed by atoms with Crippen molar-refractivity contribution in [2.45, 2.75) is 51.0 Å². The highest BCUT2D eigenvalue weighted by molar-refractivity contribution is 7.80. The van der Waals surface area contributed by atoms with Gasteiger partial charge in [-0.1, -0.05) is 19.1 Å². The fraction of sp³-hybridized carbons (Fsp3) is 0.846. The maximum absolute atomic E-state index is 11.9. The summed E-state index contributed by atoms with van der Waals surface area (Å²) >= 11 is 5.09. The lowest BCUT2D eigenvalue weighted by atomic mass is 9.77. The lowest BCUT2D eigenvalue weighted by molar-refractivity contribution is -0.124. The molecule has 4 nitrogen and oxygen atoms in total. The maximum Gasteiger partial charge on any atom is 0.261 e. The summed E-state index contributed by atoms with van der Waals surface area (Å²) in [6.07, 6.45) is 0.896. The second kappa shape index (κ2) is 7.83. The summed E-state index contributed by atoms with van der Waals surface area (Å²) in [5.74, 6) is 0.338. The normalized spacial score (nSPS) is 26.5. The molecule has 1 amide bonds. The van der Waals surface area contributed by atoms with Crippen LogP contribution in [0.3, 0.4) is 0 Å². The molecule has 0 saturated heterocycles. The molecule has 1 aliphatic carbocycles. The average Bonchev–Trinajstić information content (AvgIpc) is 2.37. The molecule has 20 heavy (non-hydrogen) atoms. The summed E-state index contributed by atoms with van der Waals surface area (Å²) in [4.78, 5) is 12.2. The van der Waals surface area contributed by atoms with Gasteiger partial charge in [0.2, 0.25) is 5.91 Å². The van der Waals surface area contributed by atoms with Crippen LogP contribution in [0, 0.1) is 5.92 Å². The summed E-state index contributed by atoms with van der Waals surface area (Å²) in [7, 11) is 0. The molecule has 1 saturated carbocycles. The number of amides is 1. The predicted octanol–water partition coefficient (Wildman–Crippen LogP) is 2.01. The van der Waals surface area contributed by atoms with Crippen LogP contribution in [0.15, 0.2) is 0 Å². The fourth-order valence-corrected chi connectivity index (χ4v) is 2.61. The molecule has 0 aromatic carbocycles. The van der Waals surface area contributed by atoms with Gasteiger partial charge in [-0.2, -0.15) is 0 Å². The quantitative estimate of drug-likeness (QED) is 0.558. The number of rotatable bonds is 7. The first-order valence-electron chi connectivity index (χ1n) is 6.82. The van der Waals surface area contributed by atoms with E-state index in [4.69, 9.17) is 22.7 Å². The minimum Gasteiger partial charge on any atom is -0.391 e. The molecule has 0 bridgehead atoms. The van der Waals surface area contributed by atoms with Gasteiger partial charge < -0.3 is 15.8 Å². The van der Waals surface area contributed by atoms with Crippen molar-refractivity contribution in [2.75, 3.05) is 13.2 Å². The van der Waals surface area contributed by atoms with E-state index < -0.39 is 18.6 Å². The van der Waals surface area contributed by atoms with Crippen molar-refractivity contribution in [2.24, 2.45) is 11.7 Å². The van der Waals surface area contributed by atoms with Gasteiger partial charge in [0.1, 0.15) is 6.61 Å². The first-order chi connectivity index (χ1) is 9.35. The minimum absolute atomic E-state index is 0.0278. The number of nitrogens with one attached hydrogen (secondary N) is 1. The third-order valence-electron chi connectivity index (χ3n) is 3.70. The smallest absolute Gasteiger partial charge is 0.261 e. The van der Waals surface area contributed by atoms with Crippen molar-refractivity contribution in [3.8, 4) is 0 Å². The number of thiocarbonyl (C=S) groups is 1. The second-order valence-electron chi connectivity index (χ2n) is 5.39.